The van der Waals surface area contributed by atoms with Gasteiger partial charge in [-0.15, -0.1) is 0 Å². The van der Waals surface area contributed by atoms with Gasteiger partial charge in [-0.05, 0) is 235 Å². The summed E-state index contributed by atoms with van der Waals surface area (Å²) in [5.41, 5.74) is -14.2. The molecule has 0 aromatic heterocycles. The minimum absolute atomic E-state index is 0.00116. The molecule has 23 heteroatoms. The largest absolute Gasteiger partial charge is 0.356 e. The summed E-state index contributed by atoms with van der Waals surface area (Å²) in [5, 5.41) is 32.5. The van der Waals surface area contributed by atoms with Crippen LogP contribution in [0.4, 0.5) is 0 Å². The molecule has 0 saturated heterocycles. The maximum absolute atomic E-state index is 16.7. The highest BCUT2D eigenvalue weighted by molar-refractivity contribution is 6.25. The summed E-state index contributed by atoms with van der Waals surface area (Å²) in [7, 11) is 0. The fourth-order valence-corrected chi connectivity index (χ4v) is 16.5. The van der Waals surface area contributed by atoms with Crippen LogP contribution in [0.25, 0.3) is 0 Å². The lowest BCUT2D eigenvalue weighted by atomic mass is 9.71. The molecule has 0 heterocycles. The lowest BCUT2D eigenvalue weighted by Crippen LogP contribution is -2.68. The first-order valence-electron chi connectivity index (χ1n) is 47.8. The molecule has 0 atom stereocenters. The second-order valence-electron chi connectivity index (χ2n) is 35.1. The van der Waals surface area contributed by atoms with Gasteiger partial charge in [0, 0.05) is 89.0 Å². The van der Waals surface area contributed by atoms with Crippen LogP contribution in [0, 0.1) is 16.2 Å². The number of hydrogen-bond donors (Lipinski definition) is 10. The molecule has 0 saturated carbocycles. The Balaban J connectivity index is -0.00000581. The van der Waals surface area contributed by atoms with Crippen LogP contribution in [0.1, 0.15) is 418 Å². The third-order valence-electron chi connectivity index (χ3n) is 29.8. The van der Waals surface area contributed by atoms with Crippen molar-refractivity contribution in [2.75, 3.05) is 6.54 Å². The predicted molar refractivity (Wildman–Crippen MR) is 510 cm³/mol. The van der Waals surface area contributed by atoms with Crippen LogP contribution in [0.5, 0.6) is 0 Å². The molecular weight excluding hydrogens is 1560 g/mol. The molecule has 124 heavy (non-hydrogen) atoms. The molecule has 1 rings (SSSR count). The van der Waals surface area contributed by atoms with E-state index in [0.717, 1.165) is 0 Å². The van der Waals surface area contributed by atoms with Crippen LogP contribution in [-0.2, 0) is 81.6 Å². The number of rotatable bonds is 57. The number of Topliss-reactive ketones (excluding diaryl/α,β-unsaturated/α-hetero) is 2. The van der Waals surface area contributed by atoms with Crippen molar-refractivity contribution in [2.24, 2.45) is 16.2 Å². The van der Waals surface area contributed by atoms with E-state index in [1.165, 1.54) is 26.8 Å². The highest BCUT2D eigenvalue weighted by atomic mass is 16.2. The fourth-order valence-electron chi connectivity index (χ4n) is 16.5. The molecule has 0 aliphatic heterocycles. The first kappa shape index (κ1) is 120. The molecule has 0 bridgehead atoms. The second-order valence-corrected chi connectivity index (χ2v) is 35.1. The van der Waals surface area contributed by atoms with Gasteiger partial charge in [0.15, 0.2) is 17.3 Å². The minimum Gasteiger partial charge on any atom is -0.356 e. The average molecular weight is 1740 g/mol. The van der Waals surface area contributed by atoms with Gasteiger partial charge in [0.05, 0.1) is 0 Å². The number of hydrogen-bond acceptors (Lipinski definition) is 13. The van der Waals surface area contributed by atoms with Gasteiger partial charge in [-0.25, -0.2) is 0 Å². The number of carbonyl (C=O) groups excluding carboxylic acids is 13. The van der Waals surface area contributed by atoms with Crippen molar-refractivity contribution in [2.45, 2.75) is 470 Å². The molecule has 1 aromatic carbocycles. The smallest absolute Gasteiger partial charge is 0.246 e. The summed E-state index contributed by atoms with van der Waals surface area (Å²) in [6.45, 7) is 71.3. The number of ketones is 3. The topological polar surface area (TPSA) is 342 Å². The quantitative estimate of drug-likeness (QED) is 0.0214. The van der Waals surface area contributed by atoms with E-state index in [1.54, 1.807) is 32.0 Å². The van der Waals surface area contributed by atoms with Gasteiger partial charge >= 0.3 is 0 Å². The Hall–Kier alpha value is -7.85. The number of nitrogens with one attached hydrogen (secondary N) is 10. The Morgan fingerprint density at radius 3 is 0.476 bits per heavy atom. The zero-order chi connectivity index (χ0) is 96.9. The van der Waals surface area contributed by atoms with Crippen LogP contribution in [0.15, 0.2) is 55.2 Å². The van der Waals surface area contributed by atoms with Crippen LogP contribution in [0.2, 0.25) is 0 Å². The van der Waals surface area contributed by atoms with Gasteiger partial charge in [0.25, 0.3) is 0 Å². The van der Waals surface area contributed by atoms with E-state index in [2.05, 4.69) is 72.9 Å². The Morgan fingerprint density at radius 2 is 0.387 bits per heavy atom. The molecule has 1 aromatic rings. The van der Waals surface area contributed by atoms with Crippen molar-refractivity contribution in [1.29, 1.82) is 0 Å². The van der Waals surface area contributed by atoms with Gasteiger partial charge in [0.1, 0.15) is 0 Å². The minimum atomic E-state index is -2.63. The zero-order valence-electron chi connectivity index (χ0n) is 84.4. The number of amides is 10. The molecule has 0 radical (unpaired) electrons. The van der Waals surface area contributed by atoms with E-state index >= 15 is 43.2 Å². The normalized spacial score (nSPS) is 12.3. The summed E-state index contributed by atoms with van der Waals surface area (Å²) < 4.78 is 0. The highest BCUT2D eigenvalue weighted by Crippen LogP contribution is 2.41. The van der Waals surface area contributed by atoms with Crippen molar-refractivity contribution in [3.63, 3.8) is 0 Å². The standard InChI is InChI=1S/C84H153N9O9.C8H13NO2.C5H8O.C4H6O/c1-28-73(29-2,30-3)85-64(94)82(65(95)86-74(31-4,32-5)33-6,66(96)87-75(34-7,35-8)36-9)58-61-55-62(59-83(67(97)88-76(37-10,38-11)39-12,68(98)89-77(40-13,41-14)42-15)69(99)90-78(43-16,44-17)45-18)57-63(56-61)60-84(70(100)91-79(46-19,47-20)48-21,71(101)92-80(49-22,50-23)51-24)72(102)93-81(52-25,53-26)54-27;1-6(2)8(11)4-5-9-7(3)10;1-4(2)5(3)6;1-3-4(2)5/h55-57H,28-54,58-60H2,1-27H3,(H,85,94)(H,86,95)(H,87,96)(H,88,97)(H,89,98)(H,90,99)(H,91,100)(H,92,101)(H,93,102);1,4-5H2,2-3H3,(H,9,10);1H2,2-3H3;3H,1H2,2H3. The van der Waals surface area contributed by atoms with Gasteiger partial charge in [-0.3, -0.25) is 62.3 Å². The van der Waals surface area contributed by atoms with Crippen LogP contribution >= 0.6 is 0 Å². The summed E-state index contributed by atoms with van der Waals surface area (Å²) in [6, 6.07) is 4.99. The molecular formula is C101H180N10O13. The maximum Gasteiger partial charge on any atom is 0.246 e. The molecule has 0 aliphatic rings. The van der Waals surface area contributed by atoms with Gasteiger partial charge < -0.3 is 53.2 Å². The maximum atomic E-state index is 16.7. The van der Waals surface area contributed by atoms with Crippen molar-refractivity contribution in [3.05, 3.63) is 71.8 Å². The average Bonchev–Trinajstić information content (AvgIpc) is 0.716. The second kappa shape index (κ2) is 55.7. The number of carbonyl (C=O) groups is 13. The first-order valence-corrected chi connectivity index (χ1v) is 47.8. The van der Waals surface area contributed by atoms with E-state index in [9.17, 15) is 19.2 Å². The Labute approximate surface area is 753 Å². The molecule has 0 fully saturated rings. The van der Waals surface area contributed by atoms with Gasteiger partial charge in [0.2, 0.25) is 75.3 Å². The molecule has 0 aliphatic carbocycles. The van der Waals surface area contributed by atoms with Crippen LogP contribution < -0.4 is 53.2 Å². The van der Waals surface area contributed by atoms with Crippen LogP contribution in [0.3, 0.4) is 0 Å². The van der Waals surface area contributed by atoms with E-state index in [-0.39, 0.29) is 39.9 Å². The third-order valence-corrected chi connectivity index (χ3v) is 29.8. The van der Waals surface area contributed by atoms with Crippen molar-refractivity contribution in [3.8, 4) is 0 Å². The van der Waals surface area contributed by atoms with Crippen molar-refractivity contribution < 1.29 is 62.3 Å². The molecule has 0 spiro atoms. The summed E-state index contributed by atoms with van der Waals surface area (Å²) >= 11 is 0. The molecule has 10 amide bonds. The predicted octanol–water partition coefficient (Wildman–Crippen LogP) is 18.6. The van der Waals surface area contributed by atoms with Crippen molar-refractivity contribution in [1.82, 2.24) is 53.2 Å². The molecule has 0 unspecified atom stereocenters. The Morgan fingerprint density at radius 1 is 0.258 bits per heavy atom. The van der Waals surface area contributed by atoms with E-state index in [0.29, 0.717) is 197 Å². The Bertz CT molecular complexity index is 2960. The van der Waals surface area contributed by atoms with Crippen molar-refractivity contribution >= 4 is 76.4 Å². The molecule has 23 nitrogen and oxygen atoms in total. The lowest BCUT2D eigenvalue weighted by molar-refractivity contribution is -0.157. The van der Waals surface area contributed by atoms with E-state index in [4.69, 9.17) is 0 Å². The molecule has 10 N–H and O–H groups in total. The van der Waals surface area contributed by atoms with Crippen LogP contribution in [-0.4, -0.2) is 133 Å². The van der Waals surface area contributed by atoms with E-state index in [1.807, 2.05) is 187 Å². The number of allylic oxidation sites excluding steroid dienone is 3. The Kier molecular flexibility index (Phi) is 54.0. The van der Waals surface area contributed by atoms with E-state index < -0.39 is 139 Å². The fraction of sp³-hybridized carbons (Fsp3) is 0.752. The summed E-state index contributed by atoms with van der Waals surface area (Å²) in [6.07, 6.45) is 12.1. The lowest BCUT2D eigenvalue weighted by Gasteiger charge is -2.43. The third kappa shape index (κ3) is 31.6. The van der Waals surface area contributed by atoms with Gasteiger partial charge in [-0.1, -0.05) is 225 Å². The number of benzene rings is 1. The SMILES string of the molecule is C=C(C)C(=O)CCNC(C)=O.C=C(C)C(C)=O.C=CC(C)=O.CCC(CC)(CC)NC(=O)C(Cc1cc(CC(C(=O)NC(CC)(CC)CC)(C(=O)NC(CC)(CC)CC)C(=O)NC(CC)(CC)CC)cc(CC(C(=O)NC(CC)(CC)CC)(C(=O)NC(CC)(CC)CC)C(=O)NC(CC)(CC)CC)c1)(C(=O)NC(CC)(CC)CC)C(=O)NC(CC)(CC)CC. The summed E-state index contributed by atoms with van der Waals surface area (Å²) in [5.74, 6) is -7.62. The zero-order valence-corrected chi connectivity index (χ0v) is 84.4. The van der Waals surface area contributed by atoms with Gasteiger partial charge in [-0.2, -0.15) is 0 Å². The molecule has 712 valence electrons. The first-order chi connectivity index (χ1) is 58.0. The highest BCUT2D eigenvalue weighted by Gasteiger charge is 2.61. The monoisotopic (exact) mass is 1740 g/mol. The summed E-state index contributed by atoms with van der Waals surface area (Å²) in [4.78, 5) is 191.